The zero-order valence-electron chi connectivity index (χ0n) is 15.5. The monoisotopic (exact) mass is 401 g/mol. The van der Waals surface area contributed by atoms with E-state index in [4.69, 9.17) is 16.3 Å². The molecule has 1 aliphatic rings. The predicted octanol–water partition coefficient (Wildman–Crippen LogP) is 3.14. The molecule has 0 aliphatic carbocycles. The third-order valence-corrected chi connectivity index (χ3v) is 4.95. The van der Waals surface area contributed by atoms with Crippen molar-refractivity contribution in [2.75, 3.05) is 19.0 Å². The molecule has 0 bridgehead atoms. The molecule has 8 heteroatoms. The number of imide groups is 1. The number of carbonyl (C=O) groups is 3. The lowest BCUT2D eigenvalue weighted by Crippen LogP contribution is -2.44. The summed E-state index contributed by atoms with van der Waals surface area (Å²) in [4.78, 5) is 38.9. The lowest BCUT2D eigenvalue weighted by Gasteiger charge is -2.25. The molecule has 1 atom stereocenters. The number of amides is 4. The van der Waals surface area contributed by atoms with E-state index in [1.165, 1.54) is 13.2 Å². The van der Waals surface area contributed by atoms with Crippen molar-refractivity contribution < 1.29 is 19.1 Å². The van der Waals surface area contributed by atoms with Gasteiger partial charge in [0.1, 0.15) is 17.8 Å². The fraction of sp³-hybridized carbons (Fsp3) is 0.250. The minimum atomic E-state index is -1.17. The molecule has 1 saturated heterocycles. The minimum Gasteiger partial charge on any atom is -0.495 e. The smallest absolute Gasteiger partial charge is 0.325 e. The van der Waals surface area contributed by atoms with Gasteiger partial charge >= 0.3 is 6.03 Å². The molecule has 28 heavy (non-hydrogen) atoms. The van der Waals surface area contributed by atoms with Crippen molar-refractivity contribution in [1.29, 1.82) is 0 Å². The van der Waals surface area contributed by atoms with Gasteiger partial charge in [-0.1, -0.05) is 48.9 Å². The van der Waals surface area contributed by atoms with Crippen LogP contribution in [0.1, 0.15) is 18.9 Å². The van der Waals surface area contributed by atoms with Crippen LogP contribution >= 0.6 is 11.6 Å². The van der Waals surface area contributed by atoms with Crippen molar-refractivity contribution in [3.05, 3.63) is 59.1 Å². The number of methoxy groups -OCH3 is 1. The molecule has 2 aromatic carbocycles. The van der Waals surface area contributed by atoms with E-state index in [9.17, 15) is 14.4 Å². The molecule has 2 N–H and O–H groups in total. The van der Waals surface area contributed by atoms with Gasteiger partial charge in [-0.15, -0.1) is 0 Å². The SMILES string of the molecule is CCC1(c2ccccc2)NC(=O)N(CC(=O)Nc2cc(Cl)ccc2OC)C1=O. The lowest BCUT2D eigenvalue weighted by atomic mass is 9.87. The summed E-state index contributed by atoms with van der Waals surface area (Å²) in [5.74, 6) is -0.578. The number of urea groups is 1. The van der Waals surface area contributed by atoms with Crippen LogP contribution in [0.2, 0.25) is 5.02 Å². The zero-order valence-corrected chi connectivity index (χ0v) is 16.2. The van der Waals surface area contributed by atoms with Crippen molar-refractivity contribution in [3.8, 4) is 5.75 Å². The van der Waals surface area contributed by atoms with Gasteiger partial charge in [-0.3, -0.25) is 14.5 Å². The lowest BCUT2D eigenvalue weighted by molar-refractivity contribution is -0.134. The molecule has 3 rings (SSSR count). The minimum absolute atomic E-state index is 0.358. The number of ether oxygens (including phenoxy) is 1. The summed E-state index contributed by atoms with van der Waals surface area (Å²) in [5.41, 5.74) is -0.140. The standard InChI is InChI=1S/C20H20ClN3O4/c1-3-20(13-7-5-4-6-8-13)18(26)24(19(27)23-20)12-17(25)22-15-11-14(21)9-10-16(15)28-2/h4-11H,3,12H2,1-2H3,(H,22,25)(H,23,27). The fourth-order valence-corrected chi connectivity index (χ4v) is 3.42. The first-order valence-electron chi connectivity index (χ1n) is 8.74. The Morgan fingerprint density at radius 3 is 2.57 bits per heavy atom. The maximum absolute atomic E-state index is 13.1. The number of benzene rings is 2. The second-order valence-corrected chi connectivity index (χ2v) is 6.78. The van der Waals surface area contributed by atoms with E-state index in [1.807, 2.05) is 13.0 Å². The van der Waals surface area contributed by atoms with E-state index in [2.05, 4.69) is 10.6 Å². The summed E-state index contributed by atoms with van der Waals surface area (Å²) in [7, 11) is 1.46. The molecule has 1 fully saturated rings. The van der Waals surface area contributed by atoms with Gasteiger partial charge in [-0.25, -0.2) is 4.79 Å². The van der Waals surface area contributed by atoms with Crippen LogP contribution in [0.3, 0.4) is 0 Å². The maximum atomic E-state index is 13.1. The molecule has 0 aromatic heterocycles. The third-order valence-electron chi connectivity index (χ3n) is 4.71. The molecular formula is C20H20ClN3O4. The van der Waals surface area contributed by atoms with Gasteiger partial charge in [0.25, 0.3) is 5.91 Å². The average molecular weight is 402 g/mol. The molecule has 2 aromatic rings. The number of hydrogen-bond donors (Lipinski definition) is 2. The highest BCUT2D eigenvalue weighted by atomic mass is 35.5. The van der Waals surface area contributed by atoms with Crippen LogP contribution in [0, 0.1) is 0 Å². The molecular weight excluding hydrogens is 382 g/mol. The van der Waals surface area contributed by atoms with Gasteiger partial charge in [0.15, 0.2) is 0 Å². The summed E-state index contributed by atoms with van der Waals surface area (Å²) in [6.07, 6.45) is 0.363. The quantitative estimate of drug-likeness (QED) is 0.728. The Morgan fingerprint density at radius 2 is 1.93 bits per heavy atom. The highest BCUT2D eigenvalue weighted by molar-refractivity contribution is 6.31. The number of carbonyl (C=O) groups excluding carboxylic acids is 3. The summed E-state index contributed by atoms with van der Waals surface area (Å²) in [5, 5.41) is 5.80. The van der Waals surface area contributed by atoms with Crippen LogP contribution in [-0.4, -0.2) is 36.4 Å². The first-order valence-corrected chi connectivity index (χ1v) is 9.12. The van der Waals surface area contributed by atoms with Crippen molar-refractivity contribution >= 4 is 35.1 Å². The maximum Gasteiger partial charge on any atom is 0.325 e. The Balaban J connectivity index is 1.79. The third kappa shape index (κ3) is 3.53. The highest BCUT2D eigenvalue weighted by Gasteiger charge is 2.51. The molecule has 1 aliphatic heterocycles. The van der Waals surface area contributed by atoms with E-state index >= 15 is 0 Å². The van der Waals surface area contributed by atoms with Crippen LogP contribution < -0.4 is 15.4 Å². The van der Waals surface area contributed by atoms with Crippen LogP contribution in [-0.2, 0) is 15.1 Å². The second-order valence-electron chi connectivity index (χ2n) is 6.34. The van der Waals surface area contributed by atoms with Crippen molar-refractivity contribution in [2.45, 2.75) is 18.9 Å². The van der Waals surface area contributed by atoms with Gasteiger partial charge in [-0.05, 0) is 30.2 Å². The van der Waals surface area contributed by atoms with Gasteiger partial charge < -0.3 is 15.4 Å². The fourth-order valence-electron chi connectivity index (χ4n) is 3.24. The second kappa shape index (κ2) is 7.90. The first kappa shape index (κ1) is 19.7. The van der Waals surface area contributed by atoms with Gasteiger partial charge in [0, 0.05) is 5.02 Å². The first-order chi connectivity index (χ1) is 13.4. The van der Waals surface area contributed by atoms with E-state index < -0.39 is 29.9 Å². The number of halogens is 1. The Bertz CT molecular complexity index is 919. The molecule has 0 saturated carbocycles. The Labute approximate surface area is 167 Å². The van der Waals surface area contributed by atoms with Crippen molar-refractivity contribution in [1.82, 2.24) is 10.2 Å². The molecule has 7 nitrogen and oxygen atoms in total. The molecule has 4 amide bonds. The zero-order chi connectivity index (χ0) is 20.3. The summed E-state index contributed by atoms with van der Waals surface area (Å²) in [6, 6.07) is 13.2. The number of nitrogens with one attached hydrogen (secondary N) is 2. The van der Waals surface area contributed by atoms with Crippen LogP contribution in [0.15, 0.2) is 48.5 Å². The summed E-state index contributed by atoms with van der Waals surface area (Å²) in [6.45, 7) is 1.39. The highest BCUT2D eigenvalue weighted by Crippen LogP contribution is 2.32. The van der Waals surface area contributed by atoms with Crippen LogP contribution in [0.4, 0.5) is 10.5 Å². The summed E-state index contributed by atoms with van der Waals surface area (Å²) < 4.78 is 5.19. The average Bonchev–Trinajstić information content (AvgIpc) is 2.94. The van der Waals surface area contributed by atoms with Gasteiger partial charge in [0.2, 0.25) is 5.91 Å². The van der Waals surface area contributed by atoms with Gasteiger partial charge in [-0.2, -0.15) is 0 Å². The van der Waals surface area contributed by atoms with Crippen LogP contribution in [0.5, 0.6) is 5.75 Å². The Kier molecular flexibility index (Phi) is 5.56. The van der Waals surface area contributed by atoms with E-state index in [-0.39, 0.29) is 0 Å². The largest absolute Gasteiger partial charge is 0.495 e. The van der Waals surface area contributed by atoms with Crippen LogP contribution in [0.25, 0.3) is 0 Å². The molecule has 146 valence electrons. The summed E-state index contributed by atoms with van der Waals surface area (Å²) >= 11 is 5.96. The molecule has 1 unspecified atom stereocenters. The van der Waals surface area contributed by atoms with E-state index in [0.29, 0.717) is 28.4 Å². The molecule has 0 radical (unpaired) electrons. The molecule has 1 heterocycles. The predicted molar refractivity (Wildman–Crippen MR) is 105 cm³/mol. The molecule has 0 spiro atoms. The van der Waals surface area contributed by atoms with E-state index in [1.54, 1.807) is 36.4 Å². The number of nitrogens with zero attached hydrogens (tertiary/aromatic N) is 1. The topological polar surface area (TPSA) is 87.7 Å². The van der Waals surface area contributed by atoms with E-state index in [0.717, 1.165) is 4.90 Å². The Morgan fingerprint density at radius 1 is 1.21 bits per heavy atom. The number of rotatable bonds is 6. The van der Waals surface area contributed by atoms with Crippen molar-refractivity contribution in [2.24, 2.45) is 0 Å². The Hall–Kier alpha value is -3.06. The normalized spacial score (nSPS) is 18.8. The number of hydrogen-bond acceptors (Lipinski definition) is 4. The van der Waals surface area contributed by atoms with Gasteiger partial charge in [0.05, 0.1) is 12.8 Å². The number of anilines is 1. The van der Waals surface area contributed by atoms with Crippen molar-refractivity contribution in [3.63, 3.8) is 0 Å².